The second kappa shape index (κ2) is 12.2. The quantitative estimate of drug-likeness (QED) is 0.235. The molecule has 6 N–H and O–H groups in total. The molecule has 0 rings (SSSR count). The van der Waals surface area contributed by atoms with Crippen molar-refractivity contribution in [2.75, 3.05) is 13.2 Å². The summed E-state index contributed by atoms with van der Waals surface area (Å²) in [5, 5.41) is 16.6. The summed E-state index contributed by atoms with van der Waals surface area (Å²) in [7, 11) is -1.35. The molecule has 0 aromatic rings. The number of carboxylic acid groups (broad SMARTS) is 1. The predicted octanol–water partition coefficient (Wildman–Crippen LogP) is 1.09. The van der Waals surface area contributed by atoms with E-state index in [4.69, 9.17) is 10.5 Å². The van der Waals surface area contributed by atoms with Crippen molar-refractivity contribution < 1.29 is 29.0 Å². The third-order valence-corrected chi connectivity index (χ3v) is 5.60. The summed E-state index contributed by atoms with van der Waals surface area (Å²) in [6.07, 6.45) is -0.282. The number of urea groups is 1. The maximum Gasteiger partial charge on any atom is 0.407 e. The lowest BCUT2D eigenvalue weighted by molar-refractivity contribution is -0.142. The molecule has 0 spiro atoms. The topological polar surface area (TPSA) is 160 Å². The Kier molecular flexibility index (Phi) is 11.2. The summed E-state index contributed by atoms with van der Waals surface area (Å²) in [5.41, 5.74) is 4.94. The molecule has 0 aromatic heterocycles. The summed E-state index contributed by atoms with van der Waals surface area (Å²) in [5.74, 6) is -2.07. The van der Waals surface area contributed by atoms with E-state index < -0.39 is 44.2 Å². The summed E-state index contributed by atoms with van der Waals surface area (Å²) < 4.78 is 5.14. The van der Waals surface area contributed by atoms with E-state index in [1.165, 1.54) is 0 Å². The Labute approximate surface area is 167 Å². The molecule has 0 saturated heterocycles. The van der Waals surface area contributed by atoms with Gasteiger partial charge in [-0.05, 0) is 24.8 Å². The molecule has 0 saturated carbocycles. The lowest BCUT2D eigenvalue weighted by atomic mass is 10.0. The van der Waals surface area contributed by atoms with Crippen molar-refractivity contribution in [1.29, 1.82) is 0 Å². The predicted molar refractivity (Wildman–Crippen MR) is 108 cm³/mol. The number of alkyl carbamates (subject to hydrolysis) is 1. The van der Waals surface area contributed by atoms with Gasteiger partial charge in [-0.15, -0.1) is 0 Å². The first kappa shape index (κ1) is 25.7. The molecule has 11 heteroatoms. The van der Waals surface area contributed by atoms with Gasteiger partial charge in [0, 0.05) is 14.6 Å². The molecule has 0 aliphatic heterocycles. The van der Waals surface area contributed by atoms with Crippen LogP contribution in [0.4, 0.5) is 9.59 Å². The number of aliphatic carboxylic acids is 1. The number of carboxylic acids is 1. The van der Waals surface area contributed by atoms with Crippen molar-refractivity contribution in [3.63, 3.8) is 0 Å². The summed E-state index contributed by atoms with van der Waals surface area (Å²) in [4.78, 5) is 46.5. The third kappa shape index (κ3) is 12.2. The van der Waals surface area contributed by atoms with E-state index in [0.29, 0.717) is 6.42 Å². The zero-order valence-corrected chi connectivity index (χ0v) is 18.3. The zero-order chi connectivity index (χ0) is 21.9. The van der Waals surface area contributed by atoms with Crippen LogP contribution in [0.5, 0.6) is 0 Å². The number of amides is 4. The molecule has 0 aromatic carbocycles. The Morgan fingerprint density at radius 1 is 1.11 bits per heavy atom. The third-order valence-electron chi connectivity index (χ3n) is 3.89. The van der Waals surface area contributed by atoms with Gasteiger partial charge in [0.1, 0.15) is 12.1 Å². The van der Waals surface area contributed by atoms with Crippen molar-refractivity contribution in [2.24, 2.45) is 11.7 Å². The van der Waals surface area contributed by atoms with E-state index in [1.807, 2.05) is 0 Å². The number of hydrogen-bond acceptors (Lipinski definition) is 5. The van der Waals surface area contributed by atoms with Crippen LogP contribution >= 0.6 is 0 Å². The second-order valence-electron chi connectivity index (χ2n) is 8.15. The van der Waals surface area contributed by atoms with Crippen molar-refractivity contribution in [1.82, 2.24) is 16.0 Å². The Morgan fingerprint density at radius 3 is 2.18 bits per heavy atom. The molecule has 0 aliphatic carbocycles. The number of hydrogen-bond donors (Lipinski definition) is 5. The highest BCUT2D eigenvalue weighted by Gasteiger charge is 2.29. The number of nitrogens with one attached hydrogen (secondary N) is 3. The highest BCUT2D eigenvalue weighted by Crippen LogP contribution is 2.09. The van der Waals surface area contributed by atoms with Crippen molar-refractivity contribution in [3.05, 3.63) is 0 Å². The first-order valence-corrected chi connectivity index (χ1v) is 13.0. The highest BCUT2D eigenvalue weighted by atomic mass is 28.3. The van der Waals surface area contributed by atoms with E-state index >= 15 is 0 Å². The summed E-state index contributed by atoms with van der Waals surface area (Å²) >= 11 is 0. The van der Waals surface area contributed by atoms with Crippen LogP contribution < -0.4 is 21.7 Å². The fraction of sp³-hybridized carbons (Fsp3) is 0.765. The van der Waals surface area contributed by atoms with Gasteiger partial charge in [0.25, 0.3) is 0 Å². The molecule has 10 nitrogen and oxygen atoms in total. The molecule has 0 fully saturated rings. The summed E-state index contributed by atoms with van der Waals surface area (Å²) in [6, 6.07) is -1.97. The van der Waals surface area contributed by atoms with Gasteiger partial charge in [-0.3, -0.25) is 4.79 Å². The van der Waals surface area contributed by atoms with Crippen molar-refractivity contribution in [3.8, 4) is 0 Å². The minimum Gasteiger partial charge on any atom is -0.480 e. The molecular weight excluding hydrogens is 384 g/mol. The normalized spacial score (nSPS) is 13.4. The van der Waals surface area contributed by atoms with Crippen LogP contribution in [0, 0.1) is 5.92 Å². The minimum absolute atomic E-state index is 0.104. The molecule has 2 unspecified atom stereocenters. The fourth-order valence-electron chi connectivity index (χ4n) is 2.19. The highest BCUT2D eigenvalue weighted by molar-refractivity contribution is 6.76. The van der Waals surface area contributed by atoms with Gasteiger partial charge < -0.3 is 31.5 Å². The molecule has 0 bridgehead atoms. The van der Waals surface area contributed by atoms with Crippen LogP contribution in [0.25, 0.3) is 0 Å². The number of rotatable bonds is 12. The maximum absolute atomic E-state index is 12.5. The Hall–Kier alpha value is -2.30. The first-order chi connectivity index (χ1) is 12.8. The van der Waals surface area contributed by atoms with Gasteiger partial charge >= 0.3 is 18.1 Å². The smallest absolute Gasteiger partial charge is 0.407 e. The van der Waals surface area contributed by atoms with Gasteiger partial charge in [0.05, 0.1) is 6.61 Å². The molecular formula is C17H34N4O6Si. The SMILES string of the molecule is CC(C)C(NC(=O)OCC[Si](C)(C)C)C(=O)NC(CCCNC(N)=O)C(=O)O. The van der Waals surface area contributed by atoms with Crippen molar-refractivity contribution >= 4 is 32.1 Å². The average Bonchev–Trinajstić information content (AvgIpc) is 2.53. The van der Waals surface area contributed by atoms with Gasteiger partial charge in [-0.25, -0.2) is 14.4 Å². The number of primary amides is 1. The van der Waals surface area contributed by atoms with Gasteiger partial charge in [-0.1, -0.05) is 33.5 Å². The van der Waals surface area contributed by atoms with Crippen LogP contribution in [-0.4, -0.2) is 62.4 Å². The Balaban J connectivity index is 4.69. The maximum atomic E-state index is 12.5. The number of carbonyl (C=O) groups is 4. The van der Waals surface area contributed by atoms with Crippen LogP contribution in [0.3, 0.4) is 0 Å². The number of carbonyl (C=O) groups excluding carboxylic acids is 3. The molecule has 0 aliphatic rings. The Bertz CT molecular complexity index is 550. The number of ether oxygens (including phenoxy) is 1. The van der Waals surface area contributed by atoms with E-state index in [9.17, 15) is 24.3 Å². The molecule has 162 valence electrons. The van der Waals surface area contributed by atoms with Crippen molar-refractivity contribution in [2.45, 2.75) is 64.5 Å². The van der Waals surface area contributed by atoms with Crippen LogP contribution in [-0.2, 0) is 14.3 Å². The molecule has 0 radical (unpaired) electrons. The van der Waals surface area contributed by atoms with Crippen LogP contribution in [0.2, 0.25) is 25.7 Å². The minimum atomic E-state index is -1.35. The van der Waals surface area contributed by atoms with Gasteiger partial charge in [-0.2, -0.15) is 0 Å². The van der Waals surface area contributed by atoms with E-state index in [2.05, 4.69) is 35.6 Å². The second-order valence-corrected chi connectivity index (χ2v) is 13.8. The summed E-state index contributed by atoms with van der Waals surface area (Å²) in [6.45, 7) is 10.4. The fourth-order valence-corrected chi connectivity index (χ4v) is 2.90. The van der Waals surface area contributed by atoms with Crippen LogP contribution in [0.1, 0.15) is 26.7 Å². The molecule has 0 heterocycles. The number of nitrogens with two attached hydrogens (primary N) is 1. The zero-order valence-electron chi connectivity index (χ0n) is 17.3. The largest absolute Gasteiger partial charge is 0.480 e. The monoisotopic (exact) mass is 418 g/mol. The average molecular weight is 419 g/mol. The lowest BCUT2D eigenvalue weighted by Crippen LogP contribution is -2.54. The standard InChI is InChI=1S/C17H34N4O6Si/c1-11(2)13(21-17(26)27-9-10-28(3,4)5)14(22)20-12(15(23)24)7-6-8-19-16(18)25/h11-13H,6-10H2,1-5H3,(H,20,22)(H,21,26)(H,23,24)(H3,18,19,25). The van der Waals surface area contributed by atoms with E-state index in [-0.39, 0.29) is 25.5 Å². The first-order valence-electron chi connectivity index (χ1n) is 9.33. The molecule has 28 heavy (non-hydrogen) atoms. The molecule has 2 atom stereocenters. The van der Waals surface area contributed by atoms with Crippen LogP contribution in [0.15, 0.2) is 0 Å². The lowest BCUT2D eigenvalue weighted by Gasteiger charge is -2.24. The van der Waals surface area contributed by atoms with Gasteiger partial charge in [0.15, 0.2) is 0 Å². The van der Waals surface area contributed by atoms with E-state index in [0.717, 1.165) is 6.04 Å². The van der Waals surface area contributed by atoms with E-state index in [1.54, 1.807) is 13.8 Å². The Morgan fingerprint density at radius 2 is 1.71 bits per heavy atom. The van der Waals surface area contributed by atoms with Gasteiger partial charge in [0.2, 0.25) is 5.91 Å². The molecule has 4 amide bonds.